The van der Waals surface area contributed by atoms with Crippen LogP contribution in [0.2, 0.25) is 5.15 Å². The second kappa shape index (κ2) is 13.3. The third-order valence-corrected chi connectivity index (χ3v) is 4.09. The van der Waals surface area contributed by atoms with Crippen molar-refractivity contribution in [1.29, 1.82) is 0 Å². The smallest absolute Gasteiger partial charge is 0.230 e. The third kappa shape index (κ3) is 11.1. The first-order valence-electron chi connectivity index (χ1n) is 9.00. The lowest BCUT2D eigenvalue weighted by Crippen LogP contribution is -2.13. The first kappa shape index (κ1) is 19.9. The Hall–Kier alpha value is -1.16. The van der Waals surface area contributed by atoms with Gasteiger partial charge >= 0.3 is 0 Å². The van der Waals surface area contributed by atoms with Crippen LogP contribution in [0.4, 0.5) is 5.95 Å². The molecular formula is C18H30ClN3O. The summed E-state index contributed by atoms with van der Waals surface area (Å²) in [4.78, 5) is 19.6. The Morgan fingerprint density at radius 1 is 1.00 bits per heavy atom. The van der Waals surface area contributed by atoms with Gasteiger partial charge in [-0.25, -0.2) is 9.97 Å². The fraction of sp³-hybridized carbons (Fsp3) is 0.722. The molecule has 0 aliphatic carbocycles. The minimum atomic E-state index is -0.0387. The molecule has 1 aromatic rings. The van der Waals surface area contributed by atoms with Crippen LogP contribution in [-0.2, 0) is 4.79 Å². The maximum Gasteiger partial charge on any atom is 0.230 e. The third-order valence-electron chi connectivity index (χ3n) is 3.88. The summed E-state index contributed by atoms with van der Waals surface area (Å²) in [5.74, 6) is 0.244. The number of halogens is 1. The molecule has 0 bridgehead atoms. The summed E-state index contributed by atoms with van der Waals surface area (Å²) < 4.78 is 0. The number of hydrogen-bond acceptors (Lipinski definition) is 3. The summed E-state index contributed by atoms with van der Waals surface area (Å²) in [6.45, 7) is 2.25. The second-order valence-electron chi connectivity index (χ2n) is 6.04. The zero-order valence-corrected chi connectivity index (χ0v) is 15.1. The van der Waals surface area contributed by atoms with Gasteiger partial charge in [-0.15, -0.1) is 0 Å². The van der Waals surface area contributed by atoms with Crippen LogP contribution >= 0.6 is 11.6 Å². The predicted molar refractivity (Wildman–Crippen MR) is 96.7 cm³/mol. The van der Waals surface area contributed by atoms with E-state index in [0.29, 0.717) is 11.6 Å². The van der Waals surface area contributed by atoms with Gasteiger partial charge in [-0.05, 0) is 12.5 Å². The Morgan fingerprint density at radius 3 is 2.13 bits per heavy atom. The molecule has 1 N–H and O–H groups in total. The number of rotatable bonds is 13. The second-order valence-corrected chi connectivity index (χ2v) is 6.42. The molecule has 0 aliphatic heterocycles. The number of anilines is 1. The van der Waals surface area contributed by atoms with Crippen LogP contribution in [0.5, 0.6) is 0 Å². The summed E-state index contributed by atoms with van der Waals surface area (Å²) in [6.07, 6.45) is 16.1. The highest BCUT2D eigenvalue weighted by Crippen LogP contribution is 2.12. The summed E-state index contributed by atoms with van der Waals surface area (Å²) in [7, 11) is 0. The molecule has 130 valence electrons. The first-order chi connectivity index (χ1) is 11.2. The zero-order valence-electron chi connectivity index (χ0n) is 14.3. The van der Waals surface area contributed by atoms with Crippen molar-refractivity contribution in [2.75, 3.05) is 5.32 Å². The van der Waals surface area contributed by atoms with Crippen LogP contribution in [0.25, 0.3) is 0 Å². The van der Waals surface area contributed by atoms with Crippen molar-refractivity contribution in [3.05, 3.63) is 17.4 Å². The molecule has 0 aliphatic rings. The molecule has 1 rings (SSSR count). The topological polar surface area (TPSA) is 54.9 Å². The van der Waals surface area contributed by atoms with Gasteiger partial charge in [0.2, 0.25) is 11.9 Å². The summed E-state index contributed by atoms with van der Waals surface area (Å²) in [5.41, 5.74) is 0. The van der Waals surface area contributed by atoms with Crippen molar-refractivity contribution < 1.29 is 4.79 Å². The van der Waals surface area contributed by atoms with Crippen LogP contribution < -0.4 is 5.32 Å². The normalized spacial score (nSPS) is 10.7. The van der Waals surface area contributed by atoms with Gasteiger partial charge in [-0.3, -0.25) is 10.1 Å². The van der Waals surface area contributed by atoms with Crippen LogP contribution in [-0.4, -0.2) is 15.9 Å². The van der Waals surface area contributed by atoms with Gasteiger partial charge in [0, 0.05) is 12.6 Å². The summed E-state index contributed by atoms with van der Waals surface area (Å²) in [5, 5.41) is 3.01. The van der Waals surface area contributed by atoms with Gasteiger partial charge in [-0.2, -0.15) is 0 Å². The van der Waals surface area contributed by atoms with E-state index in [0.717, 1.165) is 12.8 Å². The van der Waals surface area contributed by atoms with Crippen LogP contribution in [0, 0.1) is 0 Å². The molecule has 5 heteroatoms. The highest BCUT2D eigenvalue weighted by atomic mass is 35.5. The Labute approximate surface area is 145 Å². The van der Waals surface area contributed by atoms with Gasteiger partial charge in [0.05, 0.1) is 0 Å². The molecule has 0 fully saturated rings. The largest absolute Gasteiger partial charge is 0.294 e. The van der Waals surface area contributed by atoms with Crippen LogP contribution in [0.1, 0.15) is 84.0 Å². The van der Waals surface area contributed by atoms with Gasteiger partial charge in [0.15, 0.2) is 0 Å². The molecule has 1 aromatic heterocycles. The molecule has 0 radical (unpaired) electrons. The molecule has 0 atom stereocenters. The lowest BCUT2D eigenvalue weighted by atomic mass is 10.1. The van der Waals surface area contributed by atoms with Crippen LogP contribution in [0.3, 0.4) is 0 Å². The number of unbranched alkanes of at least 4 members (excludes halogenated alkanes) is 10. The molecule has 0 saturated carbocycles. The van der Waals surface area contributed by atoms with Gasteiger partial charge < -0.3 is 0 Å². The van der Waals surface area contributed by atoms with E-state index in [2.05, 4.69) is 22.2 Å². The summed E-state index contributed by atoms with van der Waals surface area (Å²) >= 11 is 5.75. The van der Waals surface area contributed by atoms with E-state index >= 15 is 0 Å². The molecule has 1 amide bonds. The van der Waals surface area contributed by atoms with E-state index in [1.807, 2.05) is 0 Å². The maximum atomic E-state index is 11.7. The van der Waals surface area contributed by atoms with Crippen molar-refractivity contribution in [3.8, 4) is 0 Å². The SMILES string of the molecule is CCCCCCCCCCCCCC(=O)Nc1nccc(Cl)n1. The fourth-order valence-corrected chi connectivity index (χ4v) is 2.67. The van der Waals surface area contributed by atoms with Crippen molar-refractivity contribution in [2.45, 2.75) is 84.0 Å². The van der Waals surface area contributed by atoms with Crippen molar-refractivity contribution in [3.63, 3.8) is 0 Å². The average Bonchev–Trinajstić information content (AvgIpc) is 2.52. The van der Waals surface area contributed by atoms with E-state index in [4.69, 9.17) is 11.6 Å². The lowest BCUT2D eigenvalue weighted by molar-refractivity contribution is -0.116. The standard InChI is InChI=1S/C18H30ClN3O/c1-2-3-4-5-6-7-8-9-10-11-12-13-17(23)22-18-20-15-14-16(19)21-18/h14-15H,2-13H2,1H3,(H,20,21,22,23). The maximum absolute atomic E-state index is 11.7. The van der Waals surface area contributed by atoms with Crippen molar-refractivity contribution in [1.82, 2.24) is 9.97 Å². The van der Waals surface area contributed by atoms with E-state index in [1.165, 1.54) is 64.0 Å². The first-order valence-corrected chi connectivity index (χ1v) is 9.38. The predicted octanol–water partition coefficient (Wildman–Crippen LogP) is 5.77. The Kier molecular flexibility index (Phi) is 11.5. The molecule has 0 unspecified atom stereocenters. The molecule has 0 saturated heterocycles. The molecular weight excluding hydrogens is 310 g/mol. The van der Waals surface area contributed by atoms with Crippen LogP contribution in [0.15, 0.2) is 12.3 Å². The highest BCUT2D eigenvalue weighted by molar-refractivity contribution is 6.29. The fourth-order valence-electron chi connectivity index (χ4n) is 2.53. The summed E-state index contributed by atoms with van der Waals surface area (Å²) in [6, 6.07) is 1.58. The van der Waals surface area contributed by atoms with Crippen molar-refractivity contribution in [2.24, 2.45) is 0 Å². The molecule has 1 heterocycles. The highest BCUT2D eigenvalue weighted by Gasteiger charge is 2.04. The van der Waals surface area contributed by atoms with Crippen molar-refractivity contribution >= 4 is 23.5 Å². The van der Waals surface area contributed by atoms with E-state index < -0.39 is 0 Å². The minimum Gasteiger partial charge on any atom is -0.294 e. The van der Waals surface area contributed by atoms with Gasteiger partial charge in [0.1, 0.15) is 5.15 Å². The number of amides is 1. The average molecular weight is 340 g/mol. The Balaban J connectivity index is 1.91. The lowest BCUT2D eigenvalue weighted by Gasteiger charge is -2.04. The van der Waals surface area contributed by atoms with E-state index in [-0.39, 0.29) is 11.9 Å². The van der Waals surface area contributed by atoms with Gasteiger partial charge in [0.25, 0.3) is 0 Å². The number of nitrogens with one attached hydrogen (secondary N) is 1. The number of nitrogens with zero attached hydrogens (tertiary/aromatic N) is 2. The zero-order chi connectivity index (χ0) is 16.8. The molecule has 0 aromatic carbocycles. The van der Waals surface area contributed by atoms with Gasteiger partial charge in [-0.1, -0.05) is 82.7 Å². The minimum absolute atomic E-state index is 0.0387. The number of carbonyl (C=O) groups excluding carboxylic acids is 1. The Bertz CT molecular complexity index is 440. The monoisotopic (exact) mass is 339 g/mol. The number of aromatic nitrogens is 2. The molecule has 4 nitrogen and oxygen atoms in total. The Morgan fingerprint density at radius 2 is 1.57 bits per heavy atom. The number of carbonyl (C=O) groups is 1. The van der Waals surface area contributed by atoms with E-state index in [9.17, 15) is 4.79 Å². The molecule has 0 spiro atoms. The molecule has 23 heavy (non-hydrogen) atoms. The quantitative estimate of drug-likeness (QED) is 0.366. The van der Waals surface area contributed by atoms with E-state index in [1.54, 1.807) is 6.07 Å². The number of hydrogen-bond donors (Lipinski definition) is 1.